The van der Waals surface area contributed by atoms with E-state index in [0.717, 1.165) is 0 Å². The molecule has 0 aromatic heterocycles. The van der Waals surface area contributed by atoms with Crippen molar-refractivity contribution in [3.05, 3.63) is 35.6 Å². The molecule has 1 N–H and O–H groups in total. The summed E-state index contributed by atoms with van der Waals surface area (Å²) >= 11 is 0. The zero-order valence-electron chi connectivity index (χ0n) is 10.2. The highest BCUT2D eigenvalue weighted by molar-refractivity contribution is 5.96. The van der Waals surface area contributed by atoms with E-state index in [-0.39, 0.29) is 30.4 Å². The number of benzene rings is 1. The maximum Gasteiger partial charge on any atom is 0.167 e. The fourth-order valence-corrected chi connectivity index (χ4v) is 1.46. The van der Waals surface area contributed by atoms with Gasteiger partial charge in [0.1, 0.15) is 5.82 Å². The van der Waals surface area contributed by atoms with Gasteiger partial charge >= 0.3 is 0 Å². The number of likely N-dealkylation sites (N-methyl/N-ethyl adjacent to an activating group) is 1. The zero-order valence-corrected chi connectivity index (χ0v) is 10.2. The molecular formula is C13H18FNO2. The predicted octanol–water partition coefficient (Wildman–Crippen LogP) is 1.71. The fraction of sp³-hybridized carbons (Fsp3) is 0.462. The van der Waals surface area contributed by atoms with Crippen LogP contribution in [0.3, 0.4) is 0 Å². The Kier molecular flexibility index (Phi) is 5.25. The first kappa shape index (κ1) is 13.8. The highest BCUT2D eigenvalue weighted by Crippen LogP contribution is 2.09. The maximum absolute atomic E-state index is 13.3. The molecule has 0 radical (unpaired) electrons. The Morgan fingerprint density at radius 3 is 2.71 bits per heavy atom. The van der Waals surface area contributed by atoms with E-state index >= 15 is 0 Å². The lowest BCUT2D eigenvalue weighted by atomic mass is 10.1. The molecule has 0 saturated heterocycles. The van der Waals surface area contributed by atoms with Gasteiger partial charge in [-0.25, -0.2) is 4.39 Å². The van der Waals surface area contributed by atoms with Gasteiger partial charge in [-0.15, -0.1) is 0 Å². The molecule has 1 unspecified atom stereocenters. The van der Waals surface area contributed by atoms with Crippen LogP contribution in [0.15, 0.2) is 24.3 Å². The number of rotatable bonds is 6. The molecule has 1 aromatic carbocycles. The Morgan fingerprint density at radius 1 is 1.47 bits per heavy atom. The first-order chi connectivity index (χ1) is 8.06. The summed E-state index contributed by atoms with van der Waals surface area (Å²) in [7, 11) is 1.83. The van der Waals surface area contributed by atoms with Crippen LogP contribution in [0.25, 0.3) is 0 Å². The van der Waals surface area contributed by atoms with E-state index < -0.39 is 5.82 Å². The van der Waals surface area contributed by atoms with Gasteiger partial charge in [0.2, 0.25) is 0 Å². The Bertz CT molecular complexity index is 381. The number of hydrogen-bond donors (Lipinski definition) is 1. The number of carbonyl (C=O) groups excluding carboxylic acids is 1. The number of aliphatic hydroxyl groups is 1. The Morgan fingerprint density at radius 2 is 2.12 bits per heavy atom. The zero-order chi connectivity index (χ0) is 12.8. The summed E-state index contributed by atoms with van der Waals surface area (Å²) in [5, 5.41) is 8.94. The summed E-state index contributed by atoms with van der Waals surface area (Å²) in [6.07, 6.45) is 0.252. The van der Waals surface area contributed by atoms with Gasteiger partial charge in [0.05, 0.1) is 12.2 Å². The van der Waals surface area contributed by atoms with Gasteiger partial charge in [0.15, 0.2) is 5.78 Å². The smallest absolute Gasteiger partial charge is 0.167 e. The molecule has 0 fully saturated rings. The number of Topliss-reactive ketones (excluding diaryl/α,β-unsaturated/α-hetero) is 1. The van der Waals surface area contributed by atoms with E-state index in [0.29, 0.717) is 6.54 Å². The lowest BCUT2D eigenvalue weighted by Crippen LogP contribution is -2.33. The van der Waals surface area contributed by atoms with Gasteiger partial charge in [0.25, 0.3) is 0 Å². The van der Waals surface area contributed by atoms with Crippen molar-refractivity contribution in [3.63, 3.8) is 0 Å². The van der Waals surface area contributed by atoms with Crippen molar-refractivity contribution in [2.24, 2.45) is 0 Å². The molecule has 1 rings (SSSR count). The van der Waals surface area contributed by atoms with Crippen molar-refractivity contribution in [2.45, 2.75) is 19.4 Å². The van der Waals surface area contributed by atoms with E-state index in [2.05, 4.69) is 0 Å². The molecule has 0 aliphatic carbocycles. The van der Waals surface area contributed by atoms with Crippen molar-refractivity contribution >= 4 is 5.78 Å². The van der Waals surface area contributed by atoms with Crippen LogP contribution in [-0.4, -0.2) is 42.0 Å². The SMILES string of the molecule is CC(CO)N(C)CCC(=O)c1ccccc1F. The van der Waals surface area contributed by atoms with Gasteiger partial charge in [-0.1, -0.05) is 12.1 Å². The summed E-state index contributed by atoms with van der Waals surface area (Å²) in [6, 6.07) is 5.99. The summed E-state index contributed by atoms with van der Waals surface area (Å²) in [5.74, 6) is -0.685. The van der Waals surface area contributed by atoms with E-state index in [1.165, 1.54) is 12.1 Å². The van der Waals surface area contributed by atoms with Gasteiger partial charge in [-0.2, -0.15) is 0 Å². The Balaban J connectivity index is 2.54. The topological polar surface area (TPSA) is 40.5 Å². The molecule has 17 heavy (non-hydrogen) atoms. The average molecular weight is 239 g/mol. The molecule has 0 aliphatic rings. The van der Waals surface area contributed by atoms with E-state index in [1.807, 2.05) is 18.9 Å². The molecule has 0 bridgehead atoms. The second-order valence-electron chi connectivity index (χ2n) is 4.17. The first-order valence-corrected chi connectivity index (χ1v) is 5.65. The largest absolute Gasteiger partial charge is 0.395 e. The Hall–Kier alpha value is -1.26. The maximum atomic E-state index is 13.3. The second kappa shape index (κ2) is 6.47. The molecule has 94 valence electrons. The Labute approximate surface area is 101 Å². The standard InChI is InChI=1S/C13H18FNO2/c1-10(9-16)15(2)8-7-13(17)11-5-3-4-6-12(11)14/h3-6,10,16H,7-9H2,1-2H3. The van der Waals surface area contributed by atoms with Crippen LogP contribution in [0.1, 0.15) is 23.7 Å². The van der Waals surface area contributed by atoms with Crippen LogP contribution in [0.5, 0.6) is 0 Å². The van der Waals surface area contributed by atoms with Crippen LogP contribution >= 0.6 is 0 Å². The monoisotopic (exact) mass is 239 g/mol. The van der Waals surface area contributed by atoms with Crippen LogP contribution in [0, 0.1) is 5.82 Å². The molecule has 3 nitrogen and oxygen atoms in total. The van der Waals surface area contributed by atoms with Gasteiger partial charge < -0.3 is 10.0 Å². The predicted molar refractivity (Wildman–Crippen MR) is 64.5 cm³/mol. The molecule has 1 aromatic rings. The number of ketones is 1. The first-order valence-electron chi connectivity index (χ1n) is 5.65. The fourth-order valence-electron chi connectivity index (χ4n) is 1.46. The summed E-state index contributed by atoms with van der Waals surface area (Å²) in [5.41, 5.74) is 0.137. The quantitative estimate of drug-likeness (QED) is 0.768. The lowest BCUT2D eigenvalue weighted by molar-refractivity contribution is 0.0943. The van der Waals surface area contributed by atoms with Gasteiger partial charge in [0, 0.05) is 19.0 Å². The van der Waals surface area contributed by atoms with Crippen LogP contribution in [-0.2, 0) is 0 Å². The van der Waals surface area contributed by atoms with Crippen molar-refractivity contribution in [2.75, 3.05) is 20.2 Å². The van der Waals surface area contributed by atoms with Crippen molar-refractivity contribution in [3.8, 4) is 0 Å². The molecule has 0 heterocycles. The van der Waals surface area contributed by atoms with Crippen molar-refractivity contribution in [1.82, 2.24) is 4.90 Å². The third-order valence-corrected chi connectivity index (χ3v) is 2.88. The molecule has 1 atom stereocenters. The minimum absolute atomic E-state index is 0.00317. The lowest BCUT2D eigenvalue weighted by Gasteiger charge is -2.22. The third-order valence-electron chi connectivity index (χ3n) is 2.88. The van der Waals surface area contributed by atoms with Gasteiger partial charge in [-0.3, -0.25) is 4.79 Å². The number of nitrogens with zero attached hydrogens (tertiary/aromatic N) is 1. The van der Waals surface area contributed by atoms with Gasteiger partial charge in [-0.05, 0) is 26.1 Å². The molecular weight excluding hydrogens is 221 g/mol. The minimum Gasteiger partial charge on any atom is -0.395 e. The minimum atomic E-state index is -0.477. The molecule has 0 spiro atoms. The van der Waals surface area contributed by atoms with Crippen LogP contribution in [0.2, 0.25) is 0 Å². The van der Waals surface area contributed by atoms with Crippen molar-refractivity contribution in [1.29, 1.82) is 0 Å². The van der Waals surface area contributed by atoms with Crippen molar-refractivity contribution < 1.29 is 14.3 Å². The number of carbonyl (C=O) groups is 1. The van der Waals surface area contributed by atoms with Crippen LogP contribution < -0.4 is 0 Å². The normalized spacial score (nSPS) is 12.8. The molecule has 0 aliphatic heterocycles. The highest BCUT2D eigenvalue weighted by atomic mass is 19.1. The van der Waals surface area contributed by atoms with E-state index in [1.54, 1.807) is 12.1 Å². The molecule has 4 heteroatoms. The number of aliphatic hydroxyl groups excluding tert-OH is 1. The number of hydrogen-bond acceptors (Lipinski definition) is 3. The summed E-state index contributed by atoms with van der Waals surface area (Å²) < 4.78 is 13.3. The summed E-state index contributed by atoms with van der Waals surface area (Å²) in [4.78, 5) is 13.6. The third kappa shape index (κ3) is 3.91. The highest BCUT2D eigenvalue weighted by Gasteiger charge is 2.13. The summed E-state index contributed by atoms with van der Waals surface area (Å²) in [6.45, 7) is 2.42. The number of halogens is 1. The molecule has 0 saturated carbocycles. The van der Waals surface area contributed by atoms with E-state index in [4.69, 9.17) is 5.11 Å². The molecule has 0 amide bonds. The van der Waals surface area contributed by atoms with E-state index in [9.17, 15) is 9.18 Å². The second-order valence-corrected chi connectivity index (χ2v) is 4.17. The van der Waals surface area contributed by atoms with Crippen LogP contribution in [0.4, 0.5) is 4.39 Å². The average Bonchev–Trinajstić information content (AvgIpc) is 2.35.